The lowest BCUT2D eigenvalue weighted by Gasteiger charge is -2.24. The van der Waals surface area contributed by atoms with E-state index in [-0.39, 0.29) is 24.0 Å². The first-order chi connectivity index (χ1) is 9.34. The van der Waals surface area contributed by atoms with Gasteiger partial charge in [-0.15, -0.1) is 0 Å². The molecule has 1 aromatic rings. The summed E-state index contributed by atoms with van der Waals surface area (Å²) in [7, 11) is 0. The molecule has 1 unspecified atom stereocenters. The van der Waals surface area contributed by atoms with Crippen molar-refractivity contribution in [1.29, 1.82) is 0 Å². The lowest BCUT2D eigenvalue weighted by Crippen LogP contribution is -2.54. The number of halogens is 1. The summed E-state index contributed by atoms with van der Waals surface area (Å²) in [6, 6.07) is 4.04. The lowest BCUT2D eigenvalue weighted by molar-refractivity contribution is -0.385. The third-order valence-corrected chi connectivity index (χ3v) is 3.95. The number of hydrogen-bond donors (Lipinski definition) is 2. The molecule has 0 bridgehead atoms. The fourth-order valence-electron chi connectivity index (χ4n) is 1.87. The molecule has 0 radical (unpaired) electrons. The van der Waals surface area contributed by atoms with Crippen LogP contribution < -0.4 is 10.5 Å². The van der Waals surface area contributed by atoms with Crippen LogP contribution in [0.15, 0.2) is 22.7 Å². The number of ether oxygens (including phenoxy) is 1. The standard InChI is InChI=1S/C12H13BrN2O5/c13-9-4-3-8(15(18)19)5-10(9)20-6-12(14,11(16)17)7-1-2-7/h3-5,7H,1-2,6,14H2,(H,16,17). The number of hydrogen-bond acceptors (Lipinski definition) is 5. The largest absolute Gasteiger partial charge is 0.490 e. The van der Waals surface area contributed by atoms with Crippen LogP contribution in [0.3, 0.4) is 0 Å². The molecule has 0 aliphatic heterocycles. The summed E-state index contributed by atoms with van der Waals surface area (Å²) in [6.45, 7) is -0.229. The zero-order valence-electron chi connectivity index (χ0n) is 10.4. The van der Waals surface area contributed by atoms with Gasteiger partial charge in [-0.25, -0.2) is 0 Å². The maximum absolute atomic E-state index is 11.3. The van der Waals surface area contributed by atoms with Gasteiger partial charge in [-0.05, 0) is 40.8 Å². The van der Waals surface area contributed by atoms with Gasteiger partial charge in [0.05, 0.1) is 15.5 Å². The van der Waals surface area contributed by atoms with E-state index >= 15 is 0 Å². The highest BCUT2D eigenvalue weighted by molar-refractivity contribution is 9.10. The number of aliphatic carboxylic acids is 1. The Balaban J connectivity index is 2.15. The number of carbonyl (C=O) groups is 1. The molecule has 1 aliphatic carbocycles. The zero-order chi connectivity index (χ0) is 14.9. The number of nitrogens with zero attached hydrogens (tertiary/aromatic N) is 1. The predicted octanol–water partition coefficient (Wildman–Crippen LogP) is 1.93. The second-order valence-electron chi connectivity index (χ2n) is 4.78. The SMILES string of the molecule is NC(COc1cc([N+](=O)[O-])ccc1Br)(C(=O)O)C1CC1. The summed E-state index contributed by atoms with van der Waals surface area (Å²) >= 11 is 3.20. The molecule has 1 saturated carbocycles. The fourth-order valence-corrected chi connectivity index (χ4v) is 2.23. The number of nitro benzene ring substituents is 1. The molecule has 7 nitrogen and oxygen atoms in total. The van der Waals surface area contributed by atoms with E-state index in [1.165, 1.54) is 18.2 Å². The van der Waals surface area contributed by atoms with Gasteiger partial charge >= 0.3 is 5.97 Å². The molecule has 3 N–H and O–H groups in total. The van der Waals surface area contributed by atoms with Gasteiger partial charge in [-0.1, -0.05) is 0 Å². The maximum Gasteiger partial charge on any atom is 0.327 e. The van der Waals surface area contributed by atoms with E-state index in [2.05, 4.69) is 15.9 Å². The van der Waals surface area contributed by atoms with Gasteiger partial charge in [0, 0.05) is 6.07 Å². The number of carboxylic acid groups (broad SMARTS) is 1. The highest BCUT2D eigenvalue weighted by Crippen LogP contribution is 2.39. The molecule has 8 heteroatoms. The Bertz CT molecular complexity index is 561. The number of benzene rings is 1. The monoisotopic (exact) mass is 344 g/mol. The Morgan fingerprint density at radius 1 is 1.60 bits per heavy atom. The van der Waals surface area contributed by atoms with Crippen molar-refractivity contribution in [3.8, 4) is 5.75 Å². The molecule has 0 heterocycles. The van der Waals surface area contributed by atoms with Crippen LogP contribution in [0.25, 0.3) is 0 Å². The van der Waals surface area contributed by atoms with Crippen molar-refractivity contribution in [1.82, 2.24) is 0 Å². The highest BCUT2D eigenvalue weighted by Gasteiger charge is 2.49. The zero-order valence-corrected chi connectivity index (χ0v) is 12.0. The lowest BCUT2D eigenvalue weighted by atomic mass is 9.96. The van der Waals surface area contributed by atoms with Crippen molar-refractivity contribution in [3.63, 3.8) is 0 Å². The van der Waals surface area contributed by atoms with Gasteiger partial charge in [0.25, 0.3) is 5.69 Å². The van der Waals surface area contributed by atoms with Crippen molar-refractivity contribution >= 4 is 27.6 Å². The van der Waals surface area contributed by atoms with Gasteiger partial charge in [0.15, 0.2) is 5.54 Å². The first-order valence-electron chi connectivity index (χ1n) is 5.93. The molecule has 0 aromatic heterocycles. The van der Waals surface area contributed by atoms with E-state index < -0.39 is 16.4 Å². The van der Waals surface area contributed by atoms with Crippen LogP contribution in [0.4, 0.5) is 5.69 Å². The van der Waals surface area contributed by atoms with Crippen LogP contribution in [0, 0.1) is 16.0 Å². The van der Waals surface area contributed by atoms with Gasteiger partial charge < -0.3 is 15.6 Å². The van der Waals surface area contributed by atoms with Crippen LogP contribution >= 0.6 is 15.9 Å². The van der Waals surface area contributed by atoms with E-state index in [1.54, 1.807) is 0 Å². The second-order valence-corrected chi connectivity index (χ2v) is 5.63. The second kappa shape index (κ2) is 5.37. The molecule has 108 valence electrons. The van der Waals surface area contributed by atoms with Gasteiger partial charge in [-0.3, -0.25) is 14.9 Å². The number of nitro groups is 1. The molecule has 1 aliphatic rings. The Labute approximate surface area is 123 Å². The molecular weight excluding hydrogens is 332 g/mol. The Hall–Kier alpha value is -1.67. The smallest absolute Gasteiger partial charge is 0.327 e. The van der Waals surface area contributed by atoms with Crippen LogP contribution in [0.1, 0.15) is 12.8 Å². The molecule has 20 heavy (non-hydrogen) atoms. The molecule has 1 atom stereocenters. The average molecular weight is 345 g/mol. The summed E-state index contributed by atoms with van der Waals surface area (Å²) in [4.78, 5) is 21.4. The van der Waals surface area contributed by atoms with E-state index in [1.807, 2.05) is 0 Å². The minimum atomic E-state index is -1.45. The summed E-state index contributed by atoms with van der Waals surface area (Å²) in [5, 5.41) is 19.9. The van der Waals surface area contributed by atoms with Crippen LogP contribution in [0.5, 0.6) is 5.75 Å². The summed E-state index contributed by atoms with van der Waals surface area (Å²) in [5.41, 5.74) is 4.28. The quantitative estimate of drug-likeness (QED) is 0.601. The van der Waals surface area contributed by atoms with E-state index in [9.17, 15) is 20.0 Å². The molecule has 0 spiro atoms. The van der Waals surface area contributed by atoms with Crippen LogP contribution in [-0.4, -0.2) is 28.1 Å². The predicted molar refractivity (Wildman–Crippen MR) is 73.6 cm³/mol. The van der Waals surface area contributed by atoms with Crippen molar-refractivity contribution in [2.75, 3.05) is 6.61 Å². The molecule has 0 saturated heterocycles. The van der Waals surface area contributed by atoms with E-state index in [0.717, 1.165) is 12.8 Å². The molecule has 1 aromatic carbocycles. The molecule has 0 amide bonds. The number of nitrogens with two attached hydrogens (primary N) is 1. The first kappa shape index (κ1) is 14.7. The topological polar surface area (TPSA) is 116 Å². The van der Waals surface area contributed by atoms with Crippen LogP contribution in [-0.2, 0) is 4.79 Å². The van der Waals surface area contributed by atoms with Gasteiger partial charge in [0.2, 0.25) is 0 Å². The minimum Gasteiger partial charge on any atom is -0.490 e. The van der Waals surface area contributed by atoms with Gasteiger partial charge in [0.1, 0.15) is 12.4 Å². The summed E-state index contributed by atoms with van der Waals surface area (Å²) in [5.74, 6) is -1.03. The molecule has 1 fully saturated rings. The van der Waals surface area contributed by atoms with Crippen molar-refractivity contribution < 1.29 is 19.6 Å². The third-order valence-electron chi connectivity index (χ3n) is 3.30. The van der Waals surface area contributed by atoms with E-state index in [0.29, 0.717) is 4.47 Å². The maximum atomic E-state index is 11.3. The third kappa shape index (κ3) is 2.91. The molecular formula is C12H13BrN2O5. The normalized spacial score (nSPS) is 17.3. The Kier molecular flexibility index (Phi) is 3.96. The highest BCUT2D eigenvalue weighted by atomic mass is 79.9. The van der Waals surface area contributed by atoms with Crippen LogP contribution in [0.2, 0.25) is 0 Å². The number of non-ortho nitro benzene ring substituents is 1. The Morgan fingerprint density at radius 2 is 2.25 bits per heavy atom. The summed E-state index contributed by atoms with van der Waals surface area (Å²) < 4.78 is 5.90. The molecule has 2 rings (SSSR count). The van der Waals surface area contributed by atoms with Crippen molar-refractivity contribution in [3.05, 3.63) is 32.8 Å². The number of rotatable bonds is 6. The average Bonchev–Trinajstić information content (AvgIpc) is 3.21. The fraction of sp³-hybridized carbons (Fsp3) is 0.417. The number of carboxylic acids is 1. The van der Waals surface area contributed by atoms with Gasteiger partial charge in [-0.2, -0.15) is 0 Å². The Morgan fingerprint density at radius 3 is 2.75 bits per heavy atom. The van der Waals surface area contributed by atoms with Crippen molar-refractivity contribution in [2.24, 2.45) is 11.7 Å². The van der Waals surface area contributed by atoms with Crippen molar-refractivity contribution in [2.45, 2.75) is 18.4 Å². The first-order valence-corrected chi connectivity index (χ1v) is 6.73. The van der Waals surface area contributed by atoms with E-state index in [4.69, 9.17) is 10.5 Å². The minimum absolute atomic E-state index is 0.113. The summed E-state index contributed by atoms with van der Waals surface area (Å²) in [6.07, 6.45) is 1.50.